The van der Waals surface area contributed by atoms with E-state index in [1.54, 1.807) is 4.90 Å². The van der Waals surface area contributed by atoms with Gasteiger partial charge in [-0.15, -0.1) is 0 Å². The van der Waals surface area contributed by atoms with Crippen LogP contribution in [0.3, 0.4) is 0 Å². The summed E-state index contributed by atoms with van der Waals surface area (Å²) in [5.74, 6) is 0.162. The lowest BCUT2D eigenvalue weighted by molar-refractivity contribution is -0.119. The molecular weight excluding hydrogens is 260 g/mol. The predicted molar refractivity (Wildman–Crippen MR) is 85.2 cm³/mol. The highest BCUT2D eigenvalue weighted by Crippen LogP contribution is 2.33. The van der Waals surface area contributed by atoms with Crippen molar-refractivity contribution in [2.24, 2.45) is 0 Å². The van der Waals surface area contributed by atoms with Gasteiger partial charge in [0.1, 0.15) is 0 Å². The Labute approximate surface area is 125 Å². The third-order valence-corrected chi connectivity index (χ3v) is 4.06. The molecule has 0 spiro atoms. The van der Waals surface area contributed by atoms with E-state index in [0.29, 0.717) is 6.42 Å². The Bertz CT molecular complexity index is 666. The zero-order chi connectivity index (χ0) is 14.8. The fourth-order valence-electron chi connectivity index (χ4n) is 2.89. The maximum Gasteiger partial charge on any atom is 0.228 e. The number of hydrogen-bond acceptors (Lipinski definition) is 2. The summed E-state index contributed by atoms with van der Waals surface area (Å²) in [4.78, 5) is 13.9. The minimum absolute atomic E-state index is 0.0883. The summed E-state index contributed by atoms with van der Waals surface area (Å²) in [6, 6.07) is 16.7. The third kappa shape index (κ3) is 2.83. The van der Waals surface area contributed by atoms with Gasteiger partial charge in [0.2, 0.25) is 5.91 Å². The van der Waals surface area contributed by atoms with E-state index >= 15 is 0 Å². The Balaban J connectivity index is 1.80. The molecule has 108 valence electrons. The maximum absolute atomic E-state index is 12.1. The second-order valence-electron chi connectivity index (χ2n) is 5.64. The predicted octanol–water partition coefficient (Wildman–Crippen LogP) is 3.19. The van der Waals surface area contributed by atoms with Crippen molar-refractivity contribution in [3.05, 3.63) is 65.2 Å². The number of hydrogen-bond donors (Lipinski definition) is 1. The fourth-order valence-corrected chi connectivity index (χ4v) is 2.89. The van der Waals surface area contributed by atoms with Gasteiger partial charge in [-0.25, -0.2) is 0 Å². The van der Waals surface area contributed by atoms with Crippen LogP contribution in [-0.4, -0.2) is 13.0 Å². The van der Waals surface area contributed by atoms with Crippen LogP contribution < -0.4 is 10.2 Å². The van der Waals surface area contributed by atoms with Crippen molar-refractivity contribution in [3.8, 4) is 0 Å². The van der Waals surface area contributed by atoms with E-state index in [2.05, 4.69) is 42.6 Å². The first kappa shape index (κ1) is 13.8. The highest BCUT2D eigenvalue weighted by molar-refractivity contribution is 5.96. The first-order chi connectivity index (χ1) is 10.1. The van der Waals surface area contributed by atoms with Gasteiger partial charge in [0.25, 0.3) is 0 Å². The summed E-state index contributed by atoms with van der Waals surface area (Å²) in [6.45, 7) is 2.87. The van der Waals surface area contributed by atoms with Crippen LogP contribution in [0.4, 0.5) is 5.69 Å². The van der Waals surface area contributed by atoms with Gasteiger partial charge in [-0.05, 0) is 24.1 Å². The number of carbonyl (C=O) groups is 1. The van der Waals surface area contributed by atoms with Crippen LogP contribution in [0.5, 0.6) is 0 Å². The van der Waals surface area contributed by atoms with Crippen LogP contribution in [0.15, 0.2) is 48.5 Å². The molecule has 0 radical (unpaired) electrons. The summed E-state index contributed by atoms with van der Waals surface area (Å²) in [5.41, 5.74) is 4.72. The molecule has 3 rings (SSSR count). The third-order valence-electron chi connectivity index (χ3n) is 4.06. The monoisotopic (exact) mass is 280 g/mol. The lowest BCUT2D eigenvalue weighted by Gasteiger charge is -2.32. The van der Waals surface area contributed by atoms with Gasteiger partial charge >= 0.3 is 0 Å². The number of nitrogens with one attached hydrogen (secondary N) is 1. The SMILES string of the molecule is Cc1cccc(CNC2CC(=O)N(C)c3ccccc32)c1. The topological polar surface area (TPSA) is 32.3 Å². The Morgan fingerprint density at radius 3 is 2.81 bits per heavy atom. The van der Waals surface area contributed by atoms with Gasteiger partial charge < -0.3 is 10.2 Å². The molecule has 3 heteroatoms. The van der Waals surface area contributed by atoms with Crippen molar-refractivity contribution >= 4 is 11.6 Å². The van der Waals surface area contributed by atoms with E-state index in [1.807, 2.05) is 25.2 Å². The first-order valence-electron chi connectivity index (χ1n) is 7.29. The van der Waals surface area contributed by atoms with E-state index < -0.39 is 0 Å². The number of anilines is 1. The molecule has 1 aliphatic rings. The molecule has 0 bridgehead atoms. The largest absolute Gasteiger partial charge is 0.315 e. The molecule has 0 saturated heterocycles. The molecule has 0 aromatic heterocycles. The molecule has 0 aliphatic carbocycles. The molecule has 3 nitrogen and oxygen atoms in total. The van der Waals surface area contributed by atoms with Gasteiger partial charge in [-0.3, -0.25) is 4.79 Å². The molecule has 1 atom stereocenters. The van der Waals surface area contributed by atoms with Gasteiger partial charge in [0.15, 0.2) is 0 Å². The summed E-state index contributed by atoms with van der Waals surface area (Å²) >= 11 is 0. The van der Waals surface area contributed by atoms with E-state index in [0.717, 1.165) is 12.2 Å². The number of para-hydroxylation sites is 1. The van der Waals surface area contributed by atoms with Crippen LogP contribution >= 0.6 is 0 Å². The van der Waals surface area contributed by atoms with E-state index in [-0.39, 0.29) is 11.9 Å². The quantitative estimate of drug-likeness (QED) is 0.936. The smallest absolute Gasteiger partial charge is 0.228 e. The lowest BCUT2D eigenvalue weighted by Crippen LogP contribution is -2.37. The molecule has 1 aliphatic heterocycles. The fraction of sp³-hybridized carbons (Fsp3) is 0.278. The molecule has 0 saturated carbocycles. The highest BCUT2D eigenvalue weighted by atomic mass is 16.2. The first-order valence-corrected chi connectivity index (χ1v) is 7.29. The van der Waals surface area contributed by atoms with Crippen LogP contribution in [0.2, 0.25) is 0 Å². The molecule has 21 heavy (non-hydrogen) atoms. The second-order valence-corrected chi connectivity index (χ2v) is 5.64. The van der Waals surface area contributed by atoms with Crippen molar-refractivity contribution in [1.29, 1.82) is 0 Å². The summed E-state index contributed by atoms with van der Waals surface area (Å²) in [5, 5.41) is 3.52. The van der Waals surface area contributed by atoms with Crippen LogP contribution in [0.25, 0.3) is 0 Å². The summed E-state index contributed by atoms with van der Waals surface area (Å²) in [7, 11) is 1.85. The number of carbonyl (C=O) groups excluding carboxylic acids is 1. The van der Waals surface area contributed by atoms with Crippen molar-refractivity contribution in [1.82, 2.24) is 5.32 Å². The van der Waals surface area contributed by atoms with Crippen molar-refractivity contribution in [2.45, 2.75) is 25.9 Å². The number of amides is 1. The van der Waals surface area contributed by atoms with Crippen molar-refractivity contribution < 1.29 is 4.79 Å². The zero-order valence-corrected chi connectivity index (χ0v) is 12.5. The minimum atomic E-state index is 0.0883. The van der Waals surface area contributed by atoms with Gasteiger partial charge in [0.05, 0.1) is 0 Å². The molecule has 2 aromatic rings. The molecule has 1 heterocycles. The Hall–Kier alpha value is -2.13. The zero-order valence-electron chi connectivity index (χ0n) is 12.5. The summed E-state index contributed by atoms with van der Waals surface area (Å²) in [6.07, 6.45) is 0.513. The van der Waals surface area contributed by atoms with Gasteiger partial charge in [-0.2, -0.15) is 0 Å². The second kappa shape index (κ2) is 5.70. The number of fused-ring (bicyclic) bond motifs is 1. The molecule has 1 unspecified atom stereocenters. The van der Waals surface area contributed by atoms with Crippen LogP contribution in [0.1, 0.15) is 29.2 Å². The lowest BCUT2D eigenvalue weighted by atomic mass is 9.96. The highest BCUT2D eigenvalue weighted by Gasteiger charge is 2.28. The standard InChI is InChI=1S/C18H20N2O/c1-13-6-5-7-14(10-13)12-19-16-11-18(21)20(2)17-9-4-3-8-15(16)17/h3-10,16,19H,11-12H2,1-2H3. The number of rotatable bonds is 3. The Morgan fingerprint density at radius 1 is 1.19 bits per heavy atom. The Morgan fingerprint density at radius 2 is 2.00 bits per heavy atom. The van der Waals surface area contributed by atoms with Crippen molar-refractivity contribution in [2.75, 3.05) is 11.9 Å². The maximum atomic E-state index is 12.1. The Kier molecular flexibility index (Phi) is 3.76. The molecule has 2 aromatic carbocycles. The average Bonchev–Trinajstić information content (AvgIpc) is 2.50. The van der Waals surface area contributed by atoms with Gasteiger partial charge in [-0.1, -0.05) is 48.0 Å². The molecule has 1 N–H and O–H groups in total. The van der Waals surface area contributed by atoms with E-state index in [9.17, 15) is 4.79 Å². The average molecular weight is 280 g/mol. The molecular formula is C18H20N2O. The number of aryl methyl sites for hydroxylation is 1. The normalized spacial score (nSPS) is 17.7. The number of nitrogens with zero attached hydrogens (tertiary/aromatic N) is 1. The van der Waals surface area contributed by atoms with Crippen LogP contribution in [-0.2, 0) is 11.3 Å². The van der Waals surface area contributed by atoms with E-state index in [1.165, 1.54) is 16.7 Å². The van der Waals surface area contributed by atoms with Crippen molar-refractivity contribution in [3.63, 3.8) is 0 Å². The molecule has 0 fully saturated rings. The minimum Gasteiger partial charge on any atom is -0.315 e. The van der Waals surface area contributed by atoms with Crippen LogP contribution in [0, 0.1) is 6.92 Å². The van der Waals surface area contributed by atoms with Gasteiger partial charge in [0, 0.05) is 31.7 Å². The van der Waals surface area contributed by atoms with E-state index in [4.69, 9.17) is 0 Å². The summed E-state index contributed by atoms with van der Waals surface area (Å²) < 4.78 is 0. The molecule has 1 amide bonds. The number of benzene rings is 2.